The number of carbonyl (C=O) groups is 1. The number of aromatic nitrogens is 2. The Balaban J connectivity index is 1.98. The van der Waals surface area contributed by atoms with Crippen LogP contribution in [0, 0.1) is 5.92 Å². The smallest absolute Gasteiger partial charge is 0.274 e. The molecule has 2 N–H and O–H groups in total. The minimum Gasteiger partial charge on any atom is -0.382 e. The highest BCUT2D eigenvalue weighted by Gasteiger charge is 2.26. The molecule has 104 valence electrons. The van der Waals surface area contributed by atoms with Gasteiger partial charge in [0.1, 0.15) is 5.82 Å². The normalized spacial score (nSPS) is 23.1. The lowest BCUT2D eigenvalue weighted by Gasteiger charge is -2.34. The predicted octanol–water partition coefficient (Wildman–Crippen LogP) is 2.10. The number of hydrogen-bond acceptors (Lipinski definition) is 4. The van der Waals surface area contributed by atoms with Crippen molar-refractivity contribution in [2.45, 2.75) is 45.1 Å². The van der Waals surface area contributed by atoms with Gasteiger partial charge in [0.05, 0.1) is 0 Å². The van der Waals surface area contributed by atoms with Crippen LogP contribution in [0.25, 0.3) is 0 Å². The van der Waals surface area contributed by atoms with E-state index in [1.165, 1.54) is 19.3 Å². The van der Waals surface area contributed by atoms with Gasteiger partial charge in [0.15, 0.2) is 5.69 Å². The van der Waals surface area contributed by atoms with Crippen LogP contribution in [0.15, 0.2) is 12.1 Å². The van der Waals surface area contributed by atoms with Gasteiger partial charge in [-0.2, -0.15) is 0 Å². The van der Waals surface area contributed by atoms with Gasteiger partial charge in [0, 0.05) is 13.1 Å². The first-order valence-electron chi connectivity index (χ1n) is 6.98. The molecule has 1 aromatic rings. The molecule has 2 rings (SSSR count). The molecule has 5 nitrogen and oxygen atoms in total. The number of anilines is 1. The van der Waals surface area contributed by atoms with Crippen LogP contribution in [0.1, 0.15) is 49.5 Å². The van der Waals surface area contributed by atoms with Gasteiger partial charge in [-0.15, -0.1) is 10.2 Å². The fourth-order valence-corrected chi connectivity index (χ4v) is 2.74. The van der Waals surface area contributed by atoms with Gasteiger partial charge < -0.3 is 10.6 Å². The van der Waals surface area contributed by atoms with E-state index >= 15 is 0 Å². The molecule has 1 fully saturated rings. The van der Waals surface area contributed by atoms with Crippen LogP contribution < -0.4 is 5.73 Å². The summed E-state index contributed by atoms with van der Waals surface area (Å²) in [5, 5.41) is 7.59. The fourth-order valence-electron chi connectivity index (χ4n) is 2.74. The van der Waals surface area contributed by atoms with Crippen molar-refractivity contribution in [3.05, 3.63) is 17.8 Å². The van der Waals surface area contributed by atoms with Gasteiger partial charge in [-0.3, -0.25) is 4.79 Å². The summed E-state index contributed by atoms with van der Waals surface area (Å²) in [6, 6.07) is 3.58. The third kappa shape index (κ3) is 3.22. The largest absolute Gasteiger partial charge is 0.382 e. The SMILES string of the molecule is CCC1CCC(N(C)C(=O)c2ccc(N)nn2)CC1. The van der Waals surface area contributed by atoms with E-state index in [-0.39, 0.29) is 5.91 Å². The van der Waals surface area contributed by atoms with E-state index in [4.69, 9.17) is 5.73 Å². The molecular weight excluding hydrogens is 240 g/mol. The molecule has 0 aliphatic heterocycles. The average Bonchev–Trinajstić information content (AvgIpc) is 2.46. The van der Waals surface area contributed by atoms with E-state index < -0.39 is 0 Å². The molecule has 19 heavy (non-hydrogen) atoms. The Hall–Kier alpha value is -1.65. The monoisotopic (exact) mass is 262 g/mol. The summed E-state index contributed by atoms with van der Waals surface area (Å²) < 4.78 is 0. The first-order valence-corrected chi connectivity index (χ1v) is 6.98. The Morgan fingerprint density at radius 2 is 2.00 bits per heavy atom. The van der Waals surface area contributed by atoms with Crippen LogP contribution in [0.2, 0.25) is 0 Å². The Kier molecular flexibility index (Phi) is 4.35. The zero-order chi connectivity index (χ0) is 13.8. The molecule has 1 saturated carbocycles. The lowest BCUT2D eigenvalue weighted by Crippen LogP contribution is -2.39. The third-order valence-corrected chi connectivity index (χ3v) is 4.17. The van der Waals surface area contributed by atoms with Crippen LogP contribution in [0.3, 0.4) is 0 Å². The van der Waals surface area contributed by atoms with Gasteiger partial charge in [0.2, 0.25) is 0 Å². The van der Waals surface area contributed by atoms with E-state index in [1.807, 2.05) is 11.9 Å². The first kappa shape index (κ1) is 13.8. The summed E-state index contributed by atoms with van der Waals surface area (Å²) in [5.74, 6) is 1.10. The zero-order valence-corrected chi connectivity index (χ0v) is 11.7. The van der Waals surface area contributed by atoms with Crippen molar-refractivity contribution in [1.29, 1.82) is 0 Å². The summed E-state index contributed by atoms with van der Waals surface area (Å²) in [6.07, 6.45) is 5.85. The van der Waals surface area contributed by atoms with Crippen LogP contribution in [0.5, 0.6) is 0 Å². The van der Waals surface area contributed by atoms with Gasteiger partial charge in [-0.25, -0.2) is 0 Å². The topological polar surface area (TPSA) is 72.1 Å². The molecule has 1 amide bonds. The number of hydrogen-bond donors (Lipinski definition) is 1. The van der Waals surface area contributed by atoms with Crippen molar-refractivity contribution in [3.8, 4) is 0 Å². The van der Waals surface area contributed by atoms with E-state index in [0.29, 0.717) is 17.6 Å². The van der Waals surface area contributed by atoms with E-state index in [1.54, 1.807) is 12.1 Å². The van der Waals surface area contributed by atoms with Crippen LogP contribution in [0.4, 0.5) is 5.82 Å². The number of nitrogen functional groups attached to an aromatic ring is 1. The second-order valence-corrected chi connectivity index (χ2v) is 5.34. The van der Waals surface area contributed by atoms with Crippen molar-refractivity contribution in [1.82, 2.24) is 15.1 Å². The summed E-state index contributed by atoms with van der Waals surface area (Å²) in [5.41, 5.74) is 5.85. The minimum atomic E-state index is -0.0625. The lowest BCUT2D eigenvalue weighted by atomic mass is 9.84. The van der Waals surface area contributed by atoms with Gasteiger partial charge in [-0.1, -0.05) is 13.3 Å². The molecule has 5 heteroatoms. The van der Waals surface area contributed by atoms with Crippen LogP contribution in [-0.2, 0) is 0 Å². The summed E-state index contributed by atoms with van der Waals surface area (Å²) in [7, 11) is 1.86. The van der Waals surface area contributed by atoms with Gasteiger partial charge in [0.25, 0.3) is 5.91 Å². The Labute approximate surface area is 114 Å². The molecular formula is C14H22N4O. The summed E-state index contributed by atoms with van der Waals surface area (Å²) >= 11 is 0. The number of amides is 1. The minimum absolute atomic E-state index is 0.0625. The maximum absolute atomic E-state index is 12.3. The Bertz CT molecular complexity index is 424. The van der Waals surface area contributed by atoms with E-state index in [9.17, 15) is 4.79 Å². The zero-order valence-electron chi connectivity index (χ0n) is 11.7. The molecule has 0 radical (unpaired) electrons. The molecule has 1 aliphatic rings. The molecule has 0 spiro atoms. The lowest BCUT2D eigenvalue weighted by molar-refractivity contribution is 0.0667. The molecule has 1 heterocycles. The van der Waals surface area contributed by atoms with Crippen molar-refractivity contribution in [2.75, 3.05) is 12.8 Å². The number of nitrogens with zero attached hydrogens (tertiary/aromatic N) is 3. The highest BCUT2D eigenvalue weighted by Crippen LogP contribution is 2.29. The highest BCUT2D eigenvalue weighted by atomic mass is 16.2. The van der Waals surface area contributed by atoms with Crippen molar-refractivity contribution < 1.29 is 4.79 Å². The van der Waals surface area contributed by atoms with E-state index in [0.717, 1.165) is 18.8 Å². The number of rotatable bonds is 3. The first-order chi connectivity index (χ1) is 9.11. The van der Waals surface area contributed by atoms with Gasteiger partial charge >= 0.3 is 0 Å². The maximum Gasteiger partial charge on any atom is 0.274 e. The van der Waals surface area contributed by atoms with Crippen molar-refractivity contribution >= 4 is 11.7 Å². The molecule has 0 bridgehead atoms. The summed E-state index contributed by atoms with van der Waals surface area (Å²) in [4.78, 5) is 14.1. The molecule has 1 aliphatic carbocycles. The quantitative estimate of drug-likeness (QED) is 0.905. The molecule has 0 atom stereocenters. The molecule has 0 unspecified atom stereocenters. The summed E-state index contributed by atoms with van der Waals surface area (Å²) in [6.45, 7) is 2.24. The van der Waals surface area contributed by atoms with Crippen LogP contribution in [-0.4, -0.2) is 34.1 Å². The Morgan fingerprint density at radius 1 is 1.32 bits per heavy atom. The average molecular weight is 262 g/mol. The maximum atomic E-state index is 12.3. The highest BCUT2D eigenvalue weighted by molar-refractivity contribution is 5.92. The molecule has 1 aromatic heterocycles. The van der Waals surface area contributed by atoms with Gasteiger partial charge in [-0.05, 0) is 43.7 Å². The molecule has 0 aromatic carbocycles. The van der Waals surface area contributed by atoms with Crippen LogP contribution >= 0.6 is 0 Å². The molecule has 0 saturated heterocycles. The predicted molar refractivity (Wildman–Crippen MR) is 74.6 cm³/mol. The second kappa shape index (κ2) is 5.99. The number of nitrogens with two attached hydrogens (primary N) is 1. The Morgan fingerprint density at radius 3 is 2.53 bits per heavy atom. The number of carbonyl (C=O) groups excluding carboxylic acids is 1. The standard InChI is InChI=1S/C14H22N4O/c1-3-10-4-6-11(7-5-10)18(2)14(19)12-8-9-13(15)17-16-12/h8-11H,3-7H2,1-2H3,(H2,15,17). The second-order valence-electron chi connectivity index (χ2n) is 5.34. The fraction of sp³-hybridized carbons (Fsp3) is 0.643. The van der Waals surface area contributed by atoms with Crippen molar-refractivity contribution in [2.24, 2.45) is 5.92 Å². The third-order valence-electron chi connectivity index (χ3n) is 4.17. The van der Waals surface area contributed by atoms with Crippen molar-refractivity contribution in [3.63, 3.8) is 0 Å². The van der Waals surface area contributed by atoms with E-state index in [2.05, 4.69) is 17.1 Å².